The second-order valence-corrected chi connectivity index (χ2v) is 7.58. The Morgan fingerprint density at radius 1 is 1.14 bits per heavy atom. The molecule has 1 aliphatic carbocycles. The van der Waals surface area contributed by atoms with Crippen molar-refractivity contribution in [2.24, 2.45) is 10.8 Å². The fraction of sp³-hybridized carbons (Fsp3) is 0.632. The summed E-state index contributed by atoms with van der Waals surface area (Å²) in [4.78, 5) is 15.3. The topological polar surface area (TPSA) is 29.5 Å². The summed E-state index contributed by atoms with van der Waals surface area (Å²) in [6.07, 6.45) is 6.47. The Labute approximate surface area is 132 Å². The molecular formula is C19H25NO2. The molecule has 0 N–H and O–H groups in total. The zero-order valence-corrected chi connectivity index (χ0v) is 13.2. The van der Waals surface area contributed by atoms with E-state index in [0.29, 0.717) is 5.91 Å². The second-order valence-electron chi connectivity index (χ2n) is 7.58. The van der Waals surface area contributed by atoms with Crippen molar-refractivity contribution in [2.45, 2.75) is 38.5 Å². The number of likely N-dealkylation sites (tertiary alicyclic amines) is 1. The minimum atomic E-state index is -0.119. The maximum absolute atomic E-state index is 13.2. The maximum Gasteiger partial charge on any atom is 0.229 e. The molecule has 3 aliphatic rings. The minimum Gasteiger partial charge on any atom is -0.381 e. The molecule has 2 heterocycles. The van der Waals surface area contributed by atoms with Gasteiger partial charge in [-0.25, -0.2) is 0 Å². The summed E-state index contributed by atoms with van der Waals surface area (Å²) < 4.78 is 5.59. The highest BCUT2D eigenvalue weighted by molar-refractivity contribution is 5.84. The van der Waals surface area contributed by atoms with Crippen LogP contribution in [0.3, 0.4) is 0 Å². The summed E-state index contributed by atoms with van der Waals surface area (Å²) in [5.41, 5.74) is 1.45. The summed E-state index contributed by atoms with van der Waals surface area (Å²) in [6.45, 7) is 3.57. The van der Waals surface area contributed by atoms with Crippen LogP contribution < -0.4 is 0 Å². The van der Waals surface area contributed by atoms with Crippen molar-refractivity contribution in [3.8, 4) is 0 Å². The van der Waals surface area contributed by atoms with Gasteiger partial charge in [-0.1, -0.05) is 36.8 Å². The van der Waals surface area contributed by atoms with Gasteiger partial charge in [-0.15, -0.1) is 0 Å². The Kier molecular flexibility index (Phi) is 3.48. The molecule has 1 unspecified atom stereocenters. The highest BCUT2D eigenvalue weighted by Crippen LogP contribution is 2.47. The summed E-state index contributed by atoms with van der Waals surface area (Å²) >= 11 is 0. The van der Waals surface area contributed by atoms with E-state index < -0.39 is 0 Å². The van der Waals surface area contributed by atoms with Crippen LogP contribution in [0.5, 0.6) is 0 Å². The zero-order valence-electron chi connectivity index (χ0n) is 13.2. The molecule has 0 bridgehead atoms. The molecule has 2 aliphatic heterocycles. The van der Waals surface area contributed by atoms with E-state index in [0.717, 1.165) is 58.4 Å². The molecule has 0 radical (unpaired) electrons. The summed E-state index contributed by atoms with van der Waals surface area (Å²) in [5.74, 6) is 0.409. The standard InChI is InChI=1S/C19H25NO2/c21-17(20-11-9-18(14-20)10-12-22-15-18)19(7-4-8-19)13-16-5-2-1-3-6-16/h1-3,5-6H,4,7-15H2. The van der Waals surface area contributed by atoms with Crippen LogP contribution in [0.25, 0.3) is 0 Å². The van der Waals surface area contributed by atoms with E-state index in [1.165, 1.54) is 12.0 Å². The first-order valence-corrected chi connectivity index (χ1v) is 8.63. The van der Waals surface area contributed by atoms with Gasteiger partial charge in [0.05, 0.1) is 12.0 Å². The van der Waals surface area contributed by atoms with Gasteiger partial charge in [0.25, 0.3) is 0 Å². The van der Waals surface area contributed by atoms with Crippen LogP contribution in [-0.2, 0) is 16.0 Å². The molecular weight excluding hydrogens is 274 g/mol. The molecule has 1 saturated carbocycles. The van der Waals surface area contributed by atoms with Crippen LogP contribution in [-0.4, -0.2) is 37.1 Å². The first-order chi connectivity index (χ1) is 10.7. The Bertz CT molecular complexity index is 544. The molecule has 3 heteroatoms. The van der Waals surface area contributed by atoms with Crippen LogP contribution in [0.2, 0.25) is 0 Å². The number of ether oxygens (including phenoxy) is 1. The fourth-order valence-electron chi connectivity index (χ4n) is 4.47. The van der Waals surface area contributed by atoms with Crippen molar-refractivity contribution in [1.29, 1.82) is 0 Å². The van der Waals surface area contributed by atoms with Gasteiger partial charge in [0.1, 0.15) is 0 Å². The normalized spacial score (nSPS) is 29.7. The lowest BCUT2D eigenvalue weighted by Gasteiger charge is -2.43. The highest BCUT2D eigenvalue weighted by atomic mass is 16.5. The van der Waals surface area contributed by atoms with Crippen LogP contribution >= 0.6 is 0 Å². The van der Waals surface area contributed by atoms with Gasteiger partial charge in [0.15, 0.2) is 0 Å². The number of hydrogen-bond acceptors (Lipinski definition) is 2. The Balaban J connectivity index is 1.48. The Morgan fingerprint density at radius 3 is 2.59 bits per heavy atom. The van der Waals surface area contributed by atoms with Crippen molar-refractivity contribution in [3.63, 3.8) is 0 Å². The molecule has 0 aromatic heterocycles. The average molecular weight is 299 g/mol. The van der Waals surface area contributed by atoms with E-state index >= 15 is 0 Å². The zero-order chi connectivity index (χ0) is 15.0. The van der Waals surface area contributed by atoms with Gasteiger partial charge >= 0.3 is 0 Å². The van der Waals surface area contributed by atoms with E-state index in [2.05, 4.69) is 29.2 Å². The van der Waals surface area contributed by atoms with Crippen LogP contribution in [0.15, 0.2) is 30.3 Å². The summed E-state index contributed by atoms with van der Waals surface area (Å²) in [6, 6.07) is 10.5. The third-order valence-corrected chi connectivity index (χ3v) is 6.06. The Hall–Kier alpha value is -1.35. The van der Waals surface area contributed by atoms with Gasteiger partial charge in [0.2, 0.25) is 5.91 Å². The highest BCUT2D eigenvalue weighted by Gasteiger charge is 2.50. The van der Waals surface area contributed by atoms with E-state index in [9.17, 15) is 4.79 Å². The molecule has 118 valence electrons. The first-order valence-electron chi connectivity index (χ1n) is 8.63. The SMILES string of the molecule is O=C(N1CCC2(CCOC2)C1)C1(Cc2ccccc2)CCC1. The van der Waals surface area contributed by atoms with Crippen LogP contribution in [0.4, 0.5) is 0 Å². The summed E-state index contributed by atoms with van der Waals surface area (Å²) in [5, 5.41) is 0. The number of hydrogen-bond donors (Lipinski definition) is 0. The summed E-state index contributed by atoms with van der Waals surface area (Å²) in [7, 11) is 0. The van der Waals surface area contributed by atoms with E-state index in [-0.39, 0.29) is 10.8 Å². The number of carbonyl (C=O) groups is 1. The first kappa shape index (κ1) is 14.3. The number of nitrogens with zero attached hydrogens (tertiary/aromatic N) is 1. The molecule has 2 saturated heterocycles. The molecule has 3 fully saturated rings. The monoisotopic (exact) mass is 299 g/mol. The molecule has 1 atom stereocenters. The second kappa shape index (κ2) is 5.38. The van der Waals surface area contributed by atoms with Gasteiger partial charge < -0.3 is 9.64 Å². The Morgan fingerprint density at radius 2 is 1.95 bits per heavy atom. The predicted molar refractivity (Wildman–Crippen MR) is 85.5 cm³/mol. The number of rotatable bonds is 3. The minimum absolute atomic E-state index is 0.119. The van der Waals surface area contributed by atoms with Gasteiger partial charge in [0, 0.05) is 25.1 Å². The quantitative estimate of drug-likeness (QED) is 0.858. The van der Waals surface area contributed by atoms with Crippen molar-refractivity contribution in [2.75, 3.05) is 26.3 Å². The molecule has 1 spiro atoms. The average Bonchev–Trinajstić information content (AvgIpc) is 3.14. The third-order valence-electron chi connectivity index (χ3n) is 6.06. The van der Waals surface area contributed by atoms with Gasteiger partial charge in [-0.2, -0.15) is 0 Å². The van der Waals surface area contributed by atoms with E-state index in [1.54, 1.807) is 0 Å². The lowest BCUT2D eigenvalue weighted by atomic mass is 9.64. The molecule has 3 nitrogen and oxygen atoms in total. The number of carbonyl (C=O) groups excluding carboxylic acids is 1. The van der Waals surface area contributed by atoms with E-state index in [1.807, 2.05) is 6.07 Å². The lowest BCUT2D eigenvalue weighted by molar-refractivity contribution is -0.146. The van der Waals surface area contributed by atoms with Gasteiger partial charge in [-0.05, 0) is 37.7 Å². The number of benzene rings is 1. The van der Waals surface area contributed by atoms with E-state index in [4.69, 9.17) is 4.74 Å². The van der Waals surface area contributed by atoms with Crippen molar-refractivity contribution < 1.29 is 9.53 Å². The smallest absolute Gasteiger partial charge is 0.229 e. The largest absolute Gasteiger partial charge is 0.381 e. The molecule has 1 amide bonds. The van der Waals surface area contributed by atoms with Crippen molar-refractivity contribution in [3.05, 3.63) is 35.9 Å². The molecule has 22 heavy (non-hydrogen) atoms. The molecule has 1 aromatic rings. The number of amides is 1. The van der Waals surface area contributed by atoms with Crippen LogP contribution in [0.1, 0.15) is 37.7 Å². The van der Waals surface area contributed by atoms with Crippen molar-refractivity contribution in [1.82, 2.24) is 4.90 Å². The van der Waals surface area contributed by atoms with Crippen LogP contribution in [0, 0.1) is 10.8 Å². The van der Waals surface area contributed by atoms with Crippen molar-refractivity contribution >= 4 is 5.91 Å². The molecule has 4 rings (SSSR count). The lowest BCUT2D eigenvalue weighted by Crippen LogP contribution is -2.49. The predicted octanol–water partition coefficient (Wildman–Crippen LogP) is 3.04. The van der Waals surface area contributed by atoms with Gasteiger partial charge in [-0.3, -0.25) is 4.79 Å². The maximum atomic E-state index is 13.2. The third kappa shape index (κ3) is 2.36. The fourth-order valence-corrected chi connectivity index (χ4v) is 4.47. The molecule has 1 aromatic carbocycles.